The zero-order chi connectivity index (χ0) is 29.7. The van der Waals surface area contributed by atoms with Crippen molar-refractivity contribution >= 4 is 40.0 Å². The molecule has 1 saturated heterocycles. The molecule has 1 aromatic carbocycles. The van der Waals surface area contributed by atoms with Crippen molar-refractivity contribution < 1.29 is 44.7 Å². The molecule has 2 amide bonds. The van der Waals surface area contributed by atoms with Crippen LogP contribution in [-0.2, 0) is 19.4 Å². The van der Waals surface area contributed by atoms with Gasteiger partial charge in [0.05, 0.1) is 45.6 Å². The van der Waals surface area contributed by atoms with Gasteiger partial charge in [0, 0.05) is 19.0 Å². The molecule has 0 spiro atoms. The molecule has 4 atom stereocenters. The molecule has 0 aromatic heterocycles. The largest absolute Gasteiger partial charge is 0.481 e. The topological polar surface area (TPSA) is 105 Å². The van der Waals surface area contributed by atoms with Gasteiger partial charge < -0.3 is 15.0 Å². The lowest BCUT2D eigenvalue weighted by molar-refractivity contribution is -0.189. The first-order valence-corrected chi connectivity index (χ1v) is 14.6. The van der Waals surface area contributed by atoms with Crippen LogP contribution in [0, 0.1) is 11.8 Å². The van der Waals surface area contributed by atoms with Crippen molar-refractivity contribution in [2.75, 3.05) is 19.6 Å². The van der Waals surface area contributed by atoms with Crippen molar-refractivity contribution in [3.05, 3.63) is 23.2 Å². The fraction of sp³-hybridized carbons (Fsp3) is 0.640. The van der Waals surface area contributed by atoms with E-state index in [1.54, 1.807) is 0 Å². The number of ether oxygens (including phenoxy) is 1. The first-order valence-electron chi connectivity index (χ1n) is 12.7. The van der Waals surface area contributed by atoms with Crippen LogP contribution in [0.4, 0.5) is 22.0 Å². The maximum atomic E-state index is 13.8. The van der Waals surface area contributed by atoms with Crippen molar-refractivity contribution in [2.45, 2.75) is 72.9 Å². The van der Waals surface area contributed by atoms with E-state index in [0.29, 0.717) is 12.8 Å². The van der Waals surface area contributed by atoms with Crippen molar-refractivity contribution in [3.8, 4) is 5.75 Å². The number of sulfone groups is 1. The van der Waals surface area contributed by atoms with E-state index in [-0.39, 0.29) is 31.7 Å². The summed E-state index contributed by atoms with van der Waals surface area (Å²) in [5, 5.41) is 1.18. The average molecular weight is 614 g/mol. The van der Waals surface area contributed by atoms with Gasteiger partial charge in [-0.3, -0.25) is 14.6 Å². The van der Waals surface area contributed by atoms with Gasteiger partial charge in [0.15, 0.2) is 15.9 Å². The second-order valence-electron chi connectivity index (χ2n) is 10.8. The molecule has 2 saturated carbocycles. The summed E-state index contributed by atoms with van der Waals surface area (Å²) in [6.07, 6.45) is -6.69. The molecule has 4 unspecified atom stereocenters. The van der Waals surface area contributed by atoms with Crippen LogP contribution in [0.1, 0.15) is 39.0 Å². The highest BCUT2D eigenvalue weighted by Gasteiger charge is 2.53. The molecule has 15 heteroatoms. The van der Waals surface area contributed by atoms with Gasteiger partial charge in [-0.1, -0.05) is 11.6 Å². The number of halogens is 6. The third-order valence-electron chi connectivity index (χ3n) is 7.73. The van der Waals surface area contributed by atoms with Gasteiger partial charge in [0.2, 0.25) is 11.8 Å². The van der Waals surface area contributed by atoms with Gasteiger partial charge in [-0.05, 0) is 51.5 Å². The minimum atomic E-state index is -4.65. The second-order valence-corrected chi connectivity index (χ2v) is 13.4. The third kappa shape index (κ3) is 6.37. The number of benzene rings is 1. The van der Waals surface area contributed by atoms with Crippen molar-refractivity contribution in [2.24, 2.45) is 16.8 Å². The number of rotatable bonds is 9. The first-order chi connectivity index (χ1) is 18.5. The van der Waals surface area contributed by atoms with Crippen LogP contribution < -0.4 is 10.1 Å². The van der Waals surface area contributed by atoms with E-state index >= 15 is 0 Å². The van der Waals surface area contributed by atoms with E-state index in [2.05, 4.69) is 17.0 Å². The highest BCUT2D eigenvalue weighted by Crippen LogP contribution is 2.44. The first kappa shape index (κ1) is 30.5. The third-order valence-corrected chi connectivity index (χ3v) is 10.4. The van der Waals surface area contributed by atoms with Crippen LogP contribution in [0.3, 0.4) is 0 Å². The van der Waals surface area contributed by atoms with Gasteiger partial charge in [0.1, 0.15) is 5.75 Å². The fourth-order valence-corrected chi connectivity index (χ4v) is 7.61. The van der Waals surface area contributed by atoms with Crippen LogP contribution in [0.25, 0.3) is 0 Å². The molecule has 8 nitrogen and oxygen atoms in total. The minimum absolute atomic E-state index is 0.220. The van der Waals surface area contributed by atoms with Crippen molar-refractivity contribution in [1.29, 1.82) is 0 Å². The fourth-order valence-electron chi connectivity index (χ4n) is 5.24. The smallest absolute Gasteiger partial charge is 0.425 e. The van der Waals surface area contributed by atoms with Gasteiger partial charge >= 0.3 is 6.18 Å². The van der Waals surface area contributed by atoms with E-state index in [1.807, 2.05) is 0 Å². The Morgan fingerprint density at radius 2 is 1.88 bits per heavy atom. The van der Waals surface area contributed by atoms with Crippen LogP contribution in [0.2, 0.25) is 5.02 Å². The lowest BCUT2D eigenvalue weighted by Gasteiger charge is -2.25. The van der Waals surface area contributed by atoms with E-state index in [4.69, 9.17) is 16.3 Å². The Bertz CT molecular complexity index is 1290. The number of nitrogens with zero attached hydrogens (tertiary/aromatic N) is 2. The maximum absolute atomic E-state index is 13.8. The maximum Gasteiger partial charge on any atom is 0.425 e. The standard InChI is InChI=1S/C25H29ClF5N3O5S/c1-14(25(29,30)31)39-15-3-4-20(19(26)9-15)40(37,38)16-10-17(21(35)33-23(5-6-23)12-32-2)18(11-16)22(36)34-8-7-24(27,28)13-34/h3-4,9,14,16-18H,2,5-8,10-13H2,1H3,(H,33,35). The second kappa shape index (κ2) is 10.7. The summed E-state index contributed by atoms with van der Waals surface area (Å²) in [6.45, 7) is 3.41. The quantitative estimate of drug-likeness (QED) is 0.334. The number of carbonyl (C=O) groups excluding carboxylic acids is 2. The Kier molecular flexibility index (Phi) is 8.18. The Morgan fingerprint density at radius 3 is 2.40 bits per heavy atom. The summed E-state index contributed by atoms with van der Waals surface area (Å²) in [5.41, 5.74) is -0.628. The summed E-state index contributed by atoms with van der Waals surface area (Å²) in [5.74, 6) is -6.96. The summed E-state index contributed by atoms with van der Waals surface area (Å²) >= 11 is 6.16. The molecular weight excluding hydrogens is 585 g/mol. The monoisotopic (exact) mass is 613 g/mol. The molecule has 40 heavy (non-hydrogen) atoms. The summed E-state index contributed by atoms with van der Waals surface area (Å²) < 4.78 is 98.3. The highest BCUT2D eigenvalue weighted by atomic mass is 35.5. The van der Waals surface area contributed by atoms with Crippen LogP contribution in [-0.4, -0.2) is 80.5 Å². The SMILES string of the molecule is C=NCC1(NC(=O)C2CC(S(=O)(=O)c3ccc(OC(C)C(F)(F)F)cc3Cl)CC2C(=O)N2CCC(F)(F)C2)CC1. The number of likely N-dealkylation sites (tertiary alicyclic amines) is 1. The number of aliphatic imine (C=N–C) groups is 1. The number of amides is 2. The zero-order valence-corrected chi connectivity index (χ0v) is 23.1. The van der Waals surface area contributed by atoms with Crippen LogP contribution >= 0.6 is 11.6 Å². The molecule has 3 aliphatic rings. The predicted octanol–water partition coefficient (Wildman–Crippen LogP) is 4.06. The molecule has 1 heterocycles. The molecule has 0 bridgehead atoms. The van der Waals surface area contributed by atoms with E-state index in [0.717, 1.165) is 30.0 Å². The molecule has 1 N–H and O–H groups in total. The summed E-state index contributed by atoms with van der Waals surface area (Å²) in [7, 11) is -4.30. The lowest BCUT2D eigenvalue weighted by atomic mass is 9.93. The molecule has 222 valence electrons. The highest BCUT2D eigenvalue weighted by molar-refractivity contribution is 7.92. The molecule has 1 aromatic rings. The Hall–Kier alpha value is -2.48. The normalized spacial score (nSPS) is 26.3. The molecule has 4 rings (SSSR count). The minimum Gasteiger partial charge on any atom is -0.481 e. The Balaban J connectivity index is 1.58. The van der Waals surface area contributed by atoms with Gasteiger partial charge in [0.25, 0.3) is 5.92 Å². The number of nitrogens with one attached hydrogen (secondary N) is 1. The molecule has 0 radical (unpaired) electrons. The number of hydrogen-bond acceptors (Lipinski definition) is 6. The number of carbonyl (C=O) groups is 2. The summed E-state index contributed by atoms with van der Waals surface area (Å²) in [4.78, 5) is 31.0. The lowest BCUT2D eigenvalue weighted by Crippen LogP contribution is -2.46. The van der Waals surface area contributed by atoms with Crippen molar-refractivity contribution in [1.82, 2.24) is 10.2 Å². The Morgan fingerprint density at radius 1 is 1.23 bits per heavy atom. The van der Waals surface area contributed by atoms with Gasteiger partial charge in [-0.25, -0.2) is 17.2 Å². The molecule has 3 fully saturated rings. The molecule has 1 aliphatic heterocycles. The number of hydrogen-bond donors (Lipinski definition) is 1. The number of alkyl halides is 5. The molecular formula is C25H29ClF5N3O5S. The van der Waals surface area contributed by atoms with E-state index in [9.17, 15) is 40.0 Å². The van der Waals surface area contributed by atoms with Crippen LogP contribution in [0.5, 0.6) is 5.75 Å². The molecule has 2 aliphatic carbocycles. The van der Waals surface area contributed by atoms with E-state index < -0.39 is 85.4 Å². The van der Waals surface area contributed by atoms with E-state index in [1.165, 1.54) is 0 Å². The average Bonchev–Trinajstić information content (AvgIpc) is 3.27. The predicted molar refractivity (Wildman–Crippen MR) is 135 cm³/mol. The van der Waals surface area contributed by atoms with Gasteiger partial charge in [-0.2, -0.15) is 13.2 Å². The Labute approximate surface area is 233 Å². The van der Waals surface area contributed by atoms with Crippen molar-refractivity contribution in [3.63, 3.8) is 0 Å². The van der Waals surface area contributed by atoms with Gasteiger partial charge in [-0.15, -0.1) is 0 Å². The zero-order valence-electron chi connectivity index (χ0n) is 21.5. The summed E-state index contributed by atoms with van der Waals surface area (Å²) in [6, 6.07) is 2.99. The van der Waals surface area contributed by atoms with Crippen LogP contribution in [0.15, 0.2) is 28.1 Å².